The first-order valence-corrected chi connectivity index (χ1v) is 7.42. The quantitative estimate of drug-likeness (QED) is 0.580. The minimum Gasteiger partial charge on any atom is -0.496 e. The molecule has 3 nitrogen and oxygen atoms in total. The number of methoxy groups -OCH3 is 2. The van der Waals surface area contributed by atoms with E-state index < -0.39 is 0 Å². The van der Waals surface area contributed by atoms with Crippen LogP contribution in [-0.2, 0) is 6.42 Å². The van der Waals surface area contributed by atoms with Crippen LogP contribution < -0.4 is 14.8 Å². The molecule has 18 heavy (non-hydrogen) atoms. The Labute approximate surface area is 114 Å². The van der Waals surface area contributed by atoms with E-state index in [2.05, 4.69) is 17.4 Å². The average molecular weight is 269 g/mol. The zero-order chi connectivity index (χ0) is 13.4. The third-order valence-corrected chi connectivity index (χ3v) is 3.67. The summed E-state index contributed by atoms with van der Waals surface area (Å²) in [4.78, 5) is 1.12. The average Bonchev–Trinajstić information content (AvgIpc) is 2.42. The van der Waals surface area contributed by atoms with Crippen molar-refractivity contribution in [3.05, 3.63) is 17.7 Å². The Morgan fingerprint density at radius 1 is 1.11 bits per heavy atom. The van der Waals surface area contributed by atoms with Gasteiger partial charge < -0.3 is 14.8 Å². The van der Waals surface area contributed by atoms with Crippen molar-refractivity contribution in [3.63, 3.8) is 0 Å². The zero-order valence-corrected chi connectivity index (χ0v) is 12.5. The fourth-order valence-electron chi connectivity index (χ4n) is 1.91. The number of hydrogen-bond donors (Lipinski definition) is 1. The van der Waals surface area contributed by atoms with E-state index in [4.69, 9.17) is 9.47 Å². The van der Waals surface area contributed by atoms with Crippen LogP contribution in [-0.4, -0.2) is 34.1 Å². The molecule has 0 amide bonds. The van der Waals surface area contributed by atoms with E-state index >= 15 is 0 Å². The summed E-state index contributed by atoms with van der Waals surface area (Å²) in [5.41, 5.74) is 1.23. The highest BCUT2D eigenvalue weighted by Crippen LogP contribution is 2.35. The highest BCUT2D eigenvalue weighted by atomic mass is 32.2. The van der Waals surface area contributed by atoms with Gasteiger partial charge in [-0.2, -0.15) is 0 Å². The van der Waals surface area contributed by atoms with Crippen LogP contribution in [0.4, 0.5) is 0 Å². The summed E-state index contributed by atoms with van der Waals surface area (Å²) >= 11 is 1.68. The molecule has 0 saturated carbocycles. The van der Waals surface area contributed by atoms with Gasteiger partial charge in [0.25, 0.3) is 0 Å². The normalized spacial score (nSPS) is 10.4. The minimum atomic E-state index is 0.937. The number of hydrogen-bond acceptors (Lipinski definition) is 4. The molecule has 0 aromatic heterocycles. The van der Waals surface area contributed by atoms with Gasteiger partial charge in [0.05, 0.1) is 19.1 Å². The van der Waals surface area contributed by atoms with Crippen LogP contribution in [0.5, 0.6) is 11.5 Å². The van der Waals surface area contributed by atoms with Gasteiger partial charge in [-0.3, -0.25) is 0 Å². The van der Waals surface area contributed by atoms with E-state index in [0.29, 0.717) is 0 Å². The smallest absolute Gasteiger partial charge is 0.132 e. The van der Waals surface area contributed by atoms with E-state index in [0.717, 1.165) is 35.8 Å². The summed E-state index contributed by atoms with van der Waals surface area (Å²) in [5.74, 6) is 1.90. The summed E-state index contributed by atoms with van der Waals surface area (Å²) in [6.07, 6.45) is 5.39. The van der Waals surface area contributed by atoms with Gasteiger partial charge >= 0.3 is 0 Å². The van der Waals surface area contributed by atoms with Crippen LogP contribution in [0.3, 0.4) is 0 Å². The van der Waals surface area contributed by atoms with Crippen LogP contribution in [0.15, 0.2) is 17.0 Å². The lowest BCUT2D eigenvalue weighted by Gasteiger charge is -2.13. The van der Waals surface area contributed by atoms with Crippen LogP contribution >= 0.6 is 11.8 Å². The molecule has 102 valence electrons. The molecule has 0 aliphatic rings. The summed E-state index contributed by atoms with van der Waals surface area (Å²) in [5, 5.41) is 3.16. The Hall–Kier alpha value is -0.870. The van der Waals surface area contributed by atoms with Gasteiger partial charge in [-0.05, 0) is 56.8 Å². The maximum Gasteiger partial charge on any atom is 0.132 e. The molecule has 0 aliphatic heterocycles. The zero-order valence-electron chi connectivity index (χ0n) is 11.7. The highest BCUT2D eigenvalue weighted by Gasteiger charge is 2.10. The lowest BCUT2D eigenvalue weighted by molar-refractivity contribution is 0.390. The summed E-state index contributed by atoms with van der Waals surface area (Å²) < 4.78 is 10.9. The van der Waals surface area contributed by atoms with Crippen molar-refractivity contribution in [2.75, 3.05) is 34.1 Å². The Bertz CT molecular complexity index is 369. The molecular weight excluding hydrogens is 246 g/mol. The summed E-state index contributed by atoms with van der Waals surface area (Å²) in [6, 6.07) is 4.17. The van der Waals surface area contributed by atoms with Crippen LogP contribution in [0.25, 0.3) is 0 Å². The van der Waals surface area contributed by atoms with E-state index in [1.165, 1.54) is 12.0 Å². The minimum absolute atomic E-state index is 0.937. The first-order chi connectivity index (χ1) is 8.76. The van der Waals surface area contributed by atoms with Crippen molar-refractivity contribution in [3.8, 4) is 11.5 Å². The molecule has 4 heteroatoms. The molecule has 0 fully saturated rings. The van der Waals surface area contributed by atoms with Crippen molar-refractivity contribution in [2.45, 2.75) is 24.2 Å². The summed E-state index contributed by atoms with van der Waals surface area (Å²) in [7, 11) is 5.42. The SMILES string of the molecule is CNCCCCc1cc(OC)c(SC)cc1OC. The fourth-order valence-corrected chi connectivity index (χ4v) is 2.47. The number of aryl methyl sites for hydroxylation is 1. The topological polar surface area (TPSA) is 30.5 Å². The van der Waals surface area contributed by atoms with Crippen molar-refractivity contribution in [1.82, 2.24) is 5.32 Å². The first kappa shape index (κ1) is 15.2. The number of thioether (sulfide) groups is 1. The summed E-state index contributed by atoms with van der Waals surface area (Å²) in [6.45, 7) is 1.06. The molecule has 0 heterocycles. The van der Waals surface area contributed by atoms with E-state index in [9.17, 15) is 0 Å². The highest BCUT2D eigenvalue weighted by molar-refractivity contribution is 7.98. The fraction of sp³-hybridized carbons (Fsp3) is 0.571. The van der Waals surface area contributed by atoms with E-state index in [-0.39, 0.29) is 0 Å². The largest absolute Gasteiger partial charge is 0.496 e. The number of unbranched alkanes of at least 4 members (excludes halogenated alkanes) is 1. The van der Waals surface area contributed by atoms with Gasteiger partial charge in [-0.25, -0.2) is 0 Å². The molecule has 0 bridgehead atoms. The Balaban J connectivity index is 2.81. The van der Waals surface area contributed by atoms with Gasteiger partial charge in [0.15, 0.2) is 0 Å². The molecule has 1 N–H and O–H groups in total. The van der Waals surface area contributed by atoms with Gasteiger partial charge in [-0.15, -0.1) is 11.8 Å². The molecule has 0 aliphatic carbocycles. The molecule has 0 radical (unpaired) electrons. The van der Waals surface area contributed by atoms with Crippen molar-refractivity contribution < 1.29 is 9.47 Å². The standard InChI is InChI=1S/C14H23NO2S/c1-15-8-6-5-7-11-9-13(17-3)14(18-4)10-12(11)16-2/h9-10,15H,5-8H2,1-4H3. The number of ether oxygens (including phenoxy) is 2. The van der Waals surface area contributed by atoms with E-state index in [1.54, 1.807) is 26.0 Å². The molecule has 1 aromatic carbocycles. The Kier molecular flexibility index (Phi) is 6.98. The van der Waals surface area contributed by atoms with E-state index in [1.807, 2.05) is 13.3 Å². The third kappa shape index (κ3) is 4.10. The molecule has 0 unspecified atom stereocenters. The molecule has 1 aromatic rings. The van der Waals surface area contributed by atoms with Gasteiger partial charge in [-0.1, -0.05) is 0 Å². The molecule has 0 atom stereocenters. The number of benzene rings is 1. The van der Waals surface area contributed by atoms with Crippen LogP contribution in [0, 0.1) is 0 Å². The third-order valence-electron chi connectivity index (χ3n) is 2.91. The van der Waals surface area contributed by atoms with Crippen molar-refractivity contribution in [2.24, 2.45) is 0 Å². The lowest BCUT2D eigenvalue weighted by Crippen LogP contribution is -2.07. The Morgan fingerprint density at radius 3 is 2.39 bits per heavy atom. The number of nitrogens with one attached hydrogen (secondary N) is 1. The van der Waals surface area contributed by atoms with Crippen LogP contribution in [0.2, 0.25) is 0 Å². The second-order valence-corrected chi connectivity index (χ2v) is 4.93. The molecule has 1 rings (SSSR count). The monoisotopic (exact) mass is 269 g/mol. The maximum absolute atomic E-state index is 5.46. The molecule has 0 spiro atoms. The van der Waals surface area contributed by atoms with Crippen LogP contribution in [0.1, 0.15) is 18.4 Å². The first-order valence-electron chi connectivity index (χ1n) is 6.20. The predicted octanol–water partition coefficient (Wildman–Crippen LogP) is 2.97. The molecule has 0 saturated heterocycles. The van der Waals surface area contributed by atoms with Gasteiger partial charge in [0.2, 0.25) is 0 Å². The maximum atomic E-state index is 5.46. The van der Waals surface area contributed by atoms with Crippen molar-refractivity contribution >= 4 is 11.8 Å². The second kappa shape index (κ2) is 8.27. The van der Waals surface area contributed by atoms with Gasteiger partial charge in [0, 0.05) is 0 Å². The predicted molar refractivity (Wildman–Crippen MR) is 78.2 cm³/mol. The van der Waals surface area contributed by atoms with Gasteiger partial charge in [0.1, 0.15) is 11.5 Å². The number of rotatable bonds is 8. The second-order valence-electron chi connectivity index (χ2n) is 4.08. The Morgan fingerprint density at radius 2 is 1.83 bits per heavy atom. The van der Waals surface area contributed by atoms with Crippen molar-refractivity contribution in [1.29, 1.82) is 0 Å². The molecular formula is C14H23NO2S. The lowest BCUT2D eigenvalue weighted by atomic mass is 10.1.